The topological polar surface area (TPSA) is 35.0 Å². The maximum Gasteiger partial charge on any atom is 0.225 e. The van der Waals surface area contributed by atoms with Crippen molar-refractivity contribution in [2.45, 2.75) is 6.61 Å². The van der Waals surface area contributed by atoms with Crippen molar-refractivity contribution in [3.8, 4) is 5.88 Å². The summed E-state index contributed by atoms with van der Waals surface area (Å²) in [5.41, 5.74) is 0.974. The molecule has 0 unspecified atom stereocenters. The number of benzene rings is 1. The summed E-state index contributed by atoms with van der Waals surface area (Å²) in [6, 6.07) is 9.09. The molecule has 82 valence electrons. The van der Waals surface area contributed by atoms with Gasteiger partial charge in [0, 0.05) is 17.3 Å². The van der Waals surface area contributed by atoms with Crippen molar-refractivity contribution >= 4 is 23.2 Å². The summed E-state index contributed by atoms with van der Waals surface area (Å²) in [5.74, 6) is 0.444. The van der Waals surface area contributed by atoms with E-state index >= 15 is 0 Å². The maximum absolute atomic E-state index is 5.85. The van der Waals surface area contributed by atoms with E-state index in [9.17, 15) is 0 Å². The van der Waals surface area contributed by atoms with Gasteiger partial charge in [-0.25, -0.2) is 4.98 Å². The van der Waals surface area contributed by atoms with Crippen LogP contribution in [0.4, 0.5) is 0 Å². The lowest BCUT2D eigenvalue weighted by Gasteiger charge is -2.05. The molecule has 1 aromatic heterocycles. The number of halogens is 2. The van der Waals surface area contributed by atoms with Crippen molar-refractivity contribution in [2.75, 3.05) is 0 Å². The Kier molecular flexibility index (Phi) is 3.59. The maximum atomic E-state index is 5.85. The van der Waals surface area contributed by atoms with Gasteiger partial charge in [-0.05, 0) is 29.3 Å². The van der Waals surface area contributed by atoms with Crippen molar-refractivity contribution in [1.82, 2.24) is 9.97 Å². The fraction of sp³-hybridized carbons (Fsp3) is 0.0909. The fourth-order valence-electron chi connectivity index (χ4n) is 1.18. The molecule has 0 aliphatic rings. The third-order valence-corrected chi connectivity index (χ3v) is 2.29. The average molecular weight is 255 g/mol. The zero-order valence-corrected chi connectivity index (χ0v) is 9.74. The van der Waals surface area contributed by atoms with Crippen LogP contribution in [0.3, 0.4) is 0 Å². The van der Waals surface area contributed by atoms with E-state index in [2.05, 4.69) is 9.97 Å². The molecule has 0 aliphatic carbocycles. The lowest BCUT2D eigenvalue weighted by molar-refractivity contribution is 0.293. The van der Waals surface area contributed by atoms with Crippen LogP contribution in [0, 0.1) is 0 Å². The molecule has 0 saturated heterocycles. The molecule has 0 saturated carbocycles. The van der Waals surface area contributed by atoms with Gasteiger partial charge in [-0.15, -0.1) is 0 Å². The van der Waals surface area contributed by atoms with Crippen molar-refractivity contribution in [3.63, 3.8) is 0 Å². The first-order valence-electron chi connectivity index (χ1n) is 4.60. The summed E-state index contributed by atoms with van der Waals surface area (Å²) in [5, 5.41) is 0.852. The Morgan fingerprint density at radius 3 is 2.81 bits per heavy atom. The van der Waals surface area contributed by atoms with Crippen molar-refractivity contribution in [2.24, 2.45) is 0 Å². The van der Waals surface area contributed by atoms with E-state index < -0.39 is 0 Å². The summed E-state index contributed by atoms with van der Waals surface area (Å²) >= 11 is 11.5. The highest BCUT2D eigenvalue weighted by Gasteiger charge is 1.99. The molecule has 0 spiro atoms. The number of aromatic nitrogens is 2. The summed E-state index contributed by atoms with van der Waals surface area (Å²) in [6.07, 6.45) is 1.54. The second kappa shape index (κ2) is 5.14. The van der Waals surface area contributed by atoms with Crippen LogP contribution in [0.25, 0.3) is 0 Å². The molecule has 5 heteroatoms. The molecule has 0 aliphatic heterocycles. The Balaban J connectivity index is 2.02. The molecule has 0 fully saturated rings. The Morgan fingerprint density at radius 2 is 2.06 bits per heavy atom. The monoisotopic (exact) mass is 254 g/mol. The number of hydrogen-bond donors (Lipinski definition) is 0. The van der Waals surface area contributed by atoms with Crippen LogP contribution < -0.4 is 4.74 Å². The standard InChI is InChI=1S/C11H8Cl2N2O/c12-9-3-1-2-8(6-9)7-16-10-4-5-14-11(13)15-10/h1-6H,7H2. The van der Waals surface area contributed by atoms with Crippen LogP contribution in [-0.4, -0.2) is 9.97 Å². The van der Waals surface area contributed by atoms with Crippen molar-refractivity contribution in [3.05, 3.63) is 52.4 Å². The second-order valence-corrected chi connectivity index (χ2v) is 3.86. The normalized spacial score (nSPS) is 10.1. The minimum atomic E-state index is 0.170. The molecule has 3 nitrogen and oxygen atoms in total. The number of rotatable bonds is 3. The van der Waals surface area contributed by atoms with E-state index in [-0.39, 0.29) is 5.28 Å². The molecule has 0 N–H and O–H groups in total. The lowest BCUT2D eigenvalue weighted by atomic mass is 10.2. The van der Waals surface area contributed by atoms with Crippen LogP contribution >= 0.6 is 23.2 Å². The SMILES string of the molecule is Clc1cccc(COc2ccnc(Cl)n2)c1. The molecule has 0 bridgehead atoms. The highest BCUT2D eigenvalue weighted by atomic mass is 35.5. The average Bonchev–Trinajstić information content (AvgIpc) is 2.27. The van der Waals surface area contributed by atoms with Gasteiger partial charge in [-0.2, -0.15) is 4.98 Å². The van der Waals surface area contributed by atoms with Crippen LogP contribution in [-0.2, 0) is 6.61 Å². The van der Waals surface area contributed by atoms with Crippen molar-refractivity contribution < 1.29 is 4.74 Å². The minimum absolute atomic E-state index is 0.170. The van der Waals surface area contributed by atoms with Gasteiger partial charge in [-0.3, -0.25) is 0 Å². The molecule has 1 aromatic carbocycles. The van der Waals surface area contributed by atoms with Crippen LogP contribution in [0.1, 0.15) is 5.56 Å². The van der Waals surface area contributed by atoms with E-state index in [1.165, 1.54) is 0 Å². The summed E-state index contributed by atoms with van der Waals surface area (Å²) in [4.78, 5) is 7.67. The van der Waals surface area contributed by atoms with Gasteiger partial charge in [0.05, 0.1) is 0 Å². The predicted molar refractivity (Wildman–Crippen MR) is 62.8 cm³/mol. The van der Waals surface area contributed by atoms with E-state index in [0.717, 1.165) is 5.56 Å². The van der Waals surface area contributed by atoms with E-state index in [1.807, 2.05) is 24.3 Å². The van der Waals surface area contributed by atoms with Gasteiger partial charge < -0.3 is 4.74 Å². The van der Waals surface area contributed by atoms with E-state index in [0.29, 0.717) is 17.5 Å². The summed E-state index contributed by atoms with van der Waals surface area (Å²) in [6.45, 7) is 0.397. The first kappa shape index (κ1) is 11.2. The molecular weight excluding hydrogens is 247 g/mol. The molecule has 1 heterocycles. The molecule has 16 heavy (non-hydrogen) atoms. The van der Waals surface area contributed by atoms with Gasteiger partial charge >= 0.3 is 0 Å². The fourth-order valence-corrected chi connectivity index (χ4v) is 1.54. The smallest absolute Gasteiger partial charge is 0.225 e. The van der Waals surface area contributed by atoms with Crippen LogP contribution in [0.5, 0.6) is 5.88 Å². The Labute approximate surface area is 103 Å². The molecule has 2 aromatic rings. The lowest BCUT2D eigenvalue weighted by Crippen LogP contribution is -1.97. The molecule has 0 radical (unpaired) electrons. The van der Waals surface area contributed by atoms with Crippen molar-refractivity contribution in [1.29, 1.82) is 0 Å². The first-order chi connectivity index (χ1) is 7.74. The van der Waals surface area contributed by atoms with Gasteiger partial charge in [0.25, 0.3) is 0 Å². The quantitative estimate of drug-likeness (QED) is 0.789. The largest absolute Gasteiger partial charge is 0.473 e. The highest BCUT2D eigenvalue weighted by Crippen LogP contribution is 2.14. The Bertz CT molecular complexity index is 445. The molecule has 0 amide bonds. The van der Waals surface area contributed by atoms with Gasteiger partial charge in [0.15, 0.2) is 0 Å². The molecule has 2 rings (SSSR count). The van der Waals surface area contributed by atoms with Crippen LogP contribution in [0.2, 0.25) is 10.3 Å². The summed E-state index contributed by atoms with van der Waals surface area (Å²) < 4.78 is 5.43. The predicted octanol–water partition coefficient (Wildman–Crippen LogP) is 3.36. The van der Waals surface area contributed by atoms with E-state index in [4.69, 9.17) is 27.9 Å². The third kappa shape index (κ3) is 3.08. The number of nitrogens with zero attached hydrogens (tertiary/aromatic N) is 2. The molecular formula is C11H8Cl2N2O. The zero-order chi connectivity index (χ0) is 11.4. The Morgan fingerprint density at radius 1 is 1.19 bits per heavy atom. The van der Waals surface area contributed by atoms with Crippen LogP contribution in [0.15, 0.2) is 36.5 Å². The van der Waals surface area contributed by atoms with E-state index in [1.54, 1.807) is 12.3 Å². The van der Waals surface area contributed by atoms with Gasteiger partial charge in [0.2, 0.25) is 11.2 Å². The van der Waals surface area contributed by atoms with Gasteiger partial charge in [0.1, 0.15) is 6.61 Å². The van der Waals surface area contributed by atoms with Gasteiger partial charge in [-0.1, -0.05) is 23.7 Å². The first-order valence-corrected chi connectivity index (χ1v) is 5.35. The third-order valence-electron chi connectivity index (χ3n) is 1.88. The number of hydrogen-bond acceptors (Lipinski definition) is 3. The second-order valence-electron chi connectivity index (χ2n) is 3.08. The summed E-state index contributed by atoms with van der Waals surface area (Å²) in [7, 11) is 0. The zero-order valence-electron chi connectivity index (χ0n) is 8.23. The highest BCUT2D eigenvalue weighted by molar-refractivity contribution is 6.30. The minimum Gasteiger partial charge on any atom is -0.473 e. The molecule has 0 atom stereocenters. The number of ether oxygens (including phenoxy) is 1. The Hall–Kier alpha value is -1.32.